The maximum absolute atomic E-state index is 13.1. The summed E-state index contributed by atoms with van der Waals surface area (Å²) in [6.07, 6.45) is 1.04. The Morgan fingerprint density at radius 2 is 1.89 bits per heavy atom. The van der Waals surface area contributed by atoms with Crippen molar-refractivity contribution in [3.05, 3.63) is 35.7 Å². The second kappa shape index (κ2) is 7.53. The molecule has 1 aromatic carbocycles. The van der Waals surface area contributed by atoms with E-state index >= 15 is 0 Å². The first kappa shape index (κ1) is 19.5. The average Bonchev–Trinajstić information content (AvgIpc) is 3.06. The maximum Gasteiger partial charge on any atom is 0.248 e. The van der Waals surface area contributed by atoms with Gasteiger partial charge in [0.05, 0.1) is 5.69 Å². The van der Waals surface area contributed by atoms with Gasteiger partial charge in [0.25, 0.3) is 0 Å². The molecule has 0 spiro atoms. The molecular weight excluding hydrogens is 398 g/mol. The molecule has 3 heterocycles. The minimum Gasteiger partial charge on any atom is -0.360 e. The number of aryl methyl sites for hydroxylation is 2. The second-order valence-electron chi connectivity index (χ2n) is 7.14. The van der Waals surface area contributed by atoms with E-state index in [0.29, 0.717) is 43.9 Å². The number of benzene rings is 1. The lowest BCUT2D eigenvalue weighted by atomic mass is 9.96. The van der Waals surface area contributed by atoms with Crippen LogP contribution in [0.3, 0.4) is 0 Å². The molecule has 0 saturated carbocycles. The monoisotopic (exact) mass is 421 g/mol. The van der Waals surface area contributed by atoms with Crippen molar-refractivity contribution in [3.8, 4) is 0 Å². The van der Waals surface area contributed by atoms with Crippen LogP contribution in [0.1, 0.15) is 24.3 Å². The molecule has 1 saturated heterocycles. The molecule has 1 amide bonds. The highest BCUT2D eigenvalue weighted by Gasteiger charge is 2.37. The number of sulfonamides is 1. The summed E-state index contributed by atoms with van der Waals surface area (Å²) >= 11 is 1.77. The van der Waals surface area contributed by atoms with Crippen LogP contribution in [0.5, 0.6) is 0 Å². The fraction of sp³-hybridized carbons (Fsp3) is 0.474. The summed E-state index contributed by atoms with van der Waals surface area (Å²) < 4.78 is 32.4. The molecule has 0 aliphatic carbocycles. The first-order chi connectivity index (χ1) is 13.4. The third kappa shape index (κ3) is 3.35. The second-order valence-corrected chi connectivity index (χ2v) is 10.1. The van der Waals surface area contributed by atoms with E-state index in [2.05, 4.69) is 5.16 Å². The molecule has 1 fully saturated rings. The summed E-state index contributed by atoms with van der Waals surface area (Å²) in [5.74, 6) is 1.12. The number of piperidine rings is 1. The zero-order chi connectivity index (χ0) is 19.9. The van der Waals surface area contributed by atoms with Crippen LogP contribution in [-0.4, -0.2) is 49.2 Å². The van der Waals surface area contributed by atoms with Crippen LogP contribution in [0.25, 0.3) is 0 Å². The van der Waals surface area contributed by atoms with Gasteiger partial charge in [0.1, 0.15) is 10.6 Å². The summed E-state index contributed by atoms with van der Waals surface area (Å²) in [5.41, 5.74) is 1.34. The molecule has 0 radical (unpaired) electrons. The first-order valence-electron chi connectivity index (χ1n) is 9.36. The first-order valence-corrected chi connectivity index (χ1v) is 11.8. The van der Waals surface area contributed by atoms with Gasteiger partial charge in [-0.1, -0.05) is 17.3 Å². The number of para-hydroxylation sites is 1. The zero-order valence-electron chi connectivity index (χ0n) is 15.9. The van der Waals surface area contributed by atoms with E-state index in [1.54, 1.807) is 25.6 Å². The van der Waals surface area contributed by atoms with Crippen molar-refractivity contribution in [1.82, 2.24) is 9.46 Å². The number of thioether (sulfide) groups is 1. The van der Waals surface area contributed by atoms with Gasteiger partial charge in [-0.05, 0) is 38.8 Å². The molecule has 7 nitrogen and oxygen atoms in total. The number of aromatic nitrogens is 1. The summed E-state index contributed by atoms with van der Waals surface area (Å²) in [6.45, 7) is 4.58. The van der Waals surface area contributed by atoms with Crippen molar-refractivity contribution in [1.29, 1.82) is 0 Å². The Morgan fingerprint density at radius 3 is 2.57 bits per heavy atom. The Hall–Kier alpha value is -1.84. The van der Waals surface area contributed by atoms with Crippen molar-refractivity contribution >= 4 is 33.4 Å². The van der Waals surface area contributed by atoms with Crippen molar-refractivity contribution in [2.75, 3.05) is 30.3 Å². The van der Waals surface area contributed by atoms with Crippen LogP contribution in [0.2, 0.25) is 0 Å². The Bertz CT molecular complexity index is 975. The smallest absolute Gasteiger partial charge is 0.248 e. The highest BCUT2D eigenvalue weighted by molar-refractivity contribution is 7.99. The number of nitrogens with zero attached hydrogens (tertiary/aromatic N) is 3. The van der Waals surface area contributed by atoms with Gasteiger partial charge in [0, 0.05) is 36.2 Å². The molecule has 9 heteroatoms. The average molecular weight is 422 g/mol. The molecule has 150 valence electrons. The van der Waals surface area contributed by atoms with E-state index < -0.39 is 10.0 Å². The van der Waals surface area contributed by atoms with Crippen molar-refractivity contribution < 1.29 is 17.7 Å². The van der Waals surface area contributed by atoms with Gasteiger partial charge in [0.2, 0.25) is 15.9 Å². The minimum atomic E-state index is -3.65. The predicted octanol–water partition coefficient (Wildman–Crippen LogP) is 2.83. The van der Waals surface area contributed by atoms with Gasteiger partial charge in [-0.2, -0.15) is 4.31 Å². The van der Waals surface area contributed by atoms with Crippen LogP contribution in [0.15, 0.2) is 38.6 Å². The molecule has 2 aliphatic rings. The molecule has 1 aromatic heterocycles. The third-order valence-corrected chi connectivity index (χ3v) is 8.55. The molecular formula is C19H23N3O4S2. The van der Waals surface area contributed by atoms with Crippen LogP contribution in [0, 0.1) is 19.8 Å². The Balaban J connectivity index is 1.47. The van der Waals surface area contributed by atoms with E-state index in [1.165, 1.54) is 4.31 Å². The number of rotatable bonds is 3. The highest BCUT2D eigenvalue weighted by atomic mass is 32.2. The van der Waals surface area contributed by atoms with Crippen LogP contribution < -0.4 is 4.90 Å². The molecule has 0 N–H and O–H groups in total. The van der Waals surface area contributed by atoms with E-state index in [0.717, 1.165) is 16.3 Å². The third-order valence-electron chi connectivity index (χ3n) is 5.36. The normalized spacial score (nSPS) is 18.9. The number of hydrogen-bond donors (Lipinski definition) is 0. The number of carbonyl (C=O) groups is 1. The quantitative estimate of drug-likeness (QED) is 0.758. The Labute approximate surface area is 169 Å². The lowest BCUT2D eigenvalue weighted by Gasteiger charge is -2.35. The number of carbonyl (C=O) groups excluding carboxylic acids is 1. The number of amides is 1. The zero-order valence-corrected chi connectivity index (χ0v) is 17.6. The van der Waals surface area contributed by atoms with E-state index in [9.17, 15) is 13.2 Å². The van der Waals surface area contributed by atoms with Gasteiger partial charge >= 0.3 is 0 Å². The molecule has 0 bridgehead atoms. The standard InChI is InChI=1S/C19H23N3O4S2/c1-13-18(14(2)26-20-13)28(24,25)21-9-7-15(8-10-21)19(23)22-11-12-27-17-6-4-3-5-16(17)22/h3-6,15H,7-12H2,1-2H3. The lowest BCUT2D eigenvalue weighted by molar-refractivity contribution is -0.123. The number of hydrogen-bond acceptors (Lipinski definition) is 6. The van der Waals surface area contributed by atoms with Gasteiger partial charge in [-0.3, -0.25) is 4.79 Å². The summed E-state index contributed by atoms with van der Waals surface area (Å²) in [5, 5.41) is 3.76. The fourth-order valence-corrected chi connectivity index (χ4v) is 6.69. The Kier molecular flexibility index (Phi) is 5.24. The molecule has 0 unspecified atom stereocenters. The Morgan fingerprint density at radius 1 is 1.18 bits per heavy atom. The van der Waals surface area contributed by atoms with Crippen molar-refractivity contribution in [3.63, 3.8) is 0 Å². The summed E-state index contributed by atoms with van der Waals surface area (Å²) in [4.78, 5) is 16.3. The molecule has 0 atom stereocenters. The molecule has 4 rings (SSSR count). The van der Waals surface area contributed by atoms with E-state index in [4.69, 9.17) is 4.52 Å². The lowest BCUT2D eigenvalue weighted by Crippen LogP contribution is -2.45. The number of fused-ring (bicyclic) bond motifs is 1. The largest absolute Gasteiger partial charge is 0.360 e. The van der Waals surface area contributed by atoms with Crippen molar-refractivity contribution in [2.45, 2.75) is 36.5 Å². The number of anilines is 1. The van der Waals surface area contributed by atoms with Crippen LogP contribution >= 0.6 is 11.8 Å². The topological polar surface area (TPSA) is 83.7 Å². The minimum absolute atomic E-state index is 0.0992. The van der Waals surface area contributed by atoms with E-state index in [1.807, 2.05) is 29.2 Å². The summed E-state index contributed by atoms with van der Waals surface area (Å²) in [6, 6.07) is 7.95. The SMILES string of the molecule is Cc1noc(C)c1S(=O)(=O)N1CCC(C(=O)N2CCSc3ccccc32)CC1. The van der Waals surface area contributed by atoms with E-state index in [-0.39, 0.29) is 16.7 Å². The van der Waals surface area contributed by atoms with Crippen LogP contribution in [-0.2, 0) is 14.8 Å². The maximum atomic E-state index is 13.1. The van der Waals surface area contributed by atoms with Gasteiger partial charge in [-0.25, -0.2) is 8.42 Å². The molecule has 28 heavy (non-hydrogen) atoms. The molecule has 2 aromatic rings. The van der Waals surface area contributed by atoms with Gasteiger partial charge in [0.15, 0.2) is 5.76 Å². The molecule has 2 aliphatic heterocycles. The fourth-order valence-electron chi connectivity index (χ4n) is 3.93. The summed E-state index contributed by atoms with van der Waals surface area (Å²) in [7, 11) is -3.65. The van der Waals surface area contributed by atoms with Crippen LogP contribution in [0.4, 0.5) is 5.69 Å². The van der Waals surface area contributed by atoms with Gasteiger partial charge < -0.3 is 9.42 Å². The highest BCUT2D eigenvalue weighted by Crippen LogP contribution is 2.36. The van der Waals surface area contributed by atoms with Gasteiger partial charge in [-0.15, -0.1) is 11.8 Å². The van der Waals surface area contributed by atoms with Crippen molar-refractivity contribution in [2.24, 2.45) is 5.92 Å². The predicted molar refractivity (Wildman–Crippen MR) is 107 cm³/mol.